The summed E-state index contributed by atoms with van der Waals surface area (Å²) in [6.07, 6.45) is -4.12. The van der Waals surface area contributed by atoms with Gasteiger partial charge in [0.25, 0.3) is 0 Å². The lowest BCUT2D eigenvalue weighted by molar-refractivity contribution is -0.142. The monoisotopic (exact) mass is 266 g/mol. The Kier molecular flexibility index (Phi) is 5.42. The van der Waals surface area contributed by atoms with Crippen LogP contribution in [-0.4, -0.2) is 37.8 Å². The standard InChI is InChI=1S/C11H17F3N2S/c1-9(10-4-3-7-17-10)15-5-6-16(2)8-11(12,13)14/h3-4,7,9,15H,5-6,8H2,1-2H3. The zero-order valence-corrected chi connectivity index (χ0v) is 10.7. The molecule has 0 saturated heterocycles. The molecule has 1 heterocycles. The molecular weight excluding hydrogens is 249 g/mol. The van der Waals surface area contributed by atoms with Crippen molar-refractivity contribution in [1.82, 2.24) is 10.2 Å². The molecule has 0 radical (unpaired) electrons. The van der Waals surface area contributed by atoms with Gasteiger partial charge in [-0.05, 0) is 25.4 Å². The zero-order chi connectivity index (χ0) is 12.9. The van der Waals surface area contributed by atoms with Crippen LogP contribution in [-0.2, 0) is 0 Å². The van der Waals surface area contributed by atoms with Crippen LogP contribution in [0.15, 0.2) is 17.5 Å². The molecule has 17 heavy (non-hydrogen) atoms. The smallest absolute Gasteiger partial charge is 0.308 e. The first kappa shape index (κ1) is 14.5. The number of thiophene rings is 1. The van der Waals surface area contributed by atoms with Gasteiger partial charge in [0, 0.05) is 24.0 Å². The summed E-state index contributed by atoms with van der Waals surface area (Å²) in [6, 6.07) is 4.17. The van der Waals surface area contributed by atoms with Crippen LogP contribution in [0.1, 0.15) is 17.8 Å². The first-order valence-corrected chi connectivity index (χ1v) is 6.28. The van der Waals surface area contributed by atoms with Crippen molar-refractivity contribution in [3.63, 3.8) is 0 Å². The maximum atomic E-state index is 12.1. The Morgan fingerprint density at radius 2 is 2.18 bits per heavy atom. The van der Waals surface area contributed by atoms with Gasteiger partial charge >= 0.3 is 6.18 Å². The molecule has 0 fully saturated rings. The average Bonchev–Trinajstić information content (AvgIpc) is 2.66. The summed E-state index contributed by atoms with van der Waals surface area (Å²) >= 11 is 1.64. The van der Waals surface area contributed by atoms with E-state index in [2.05, 4.69) is 5.32 Å². The third-order valence-corrected chi connectivity index (χ3v) is 3.42. The van der Waals surface area contributed by atoms with Gasteiger partial charge < -0.3 is 5.32 Å². The van der Waals surface area contributed by atoms with E-state index < -0.39 is 12.7 Å². The molecule has 0 aliphatic heterocycles. The number of likely N-dealkylation sites (N-methyl/N-ethyl adjacent to an activating group) is 1. The van der Waals surface area contributed by atoms with E-state index in [4.69, 9.17) is 0 Å². The lowest BCUT2D eigenvalue weighted by Crippen LogP contribution is -2.36. The molecule has 98 valence electrons. The molecule has 1 rings (SSSR count). The van der Waals surface area contributed by atoms with E-state index in [0.717, 1.165) is 0 Å². The number of hydrogen-bond donors (Lipinski definition) is 1. The Morgan fingerprint density at radius 3 is 2.71 bits per heavy atom. The topological polar surface area (TPSA) is 15.3 Å². The Hall–Kier alpha value is -0.590. The normalized spacial score (nSPS) is 14.2. The quantitative estimate of drug-likeness (QED) is 0.851. The highest BCUT2D eigenvalue weighted by atomic mass is 32.1. The number of alkyl halides is 3. The van der Waals surface area contributed by atoms with Crippen molar-refractivity contribution in [3.05, 3.63) is 22.4 Å². The third-order valence-electron chi connectivity index (χ3n) is 2.36. The van der Waals surface area contributed by atoms with E-state index in [1.54, 1.807) is 11.3 Å². The summed E-state index contributed by atoms with van der Waals surface area (Å²) in [5.41, 5.74) is 0. The molecule has 1 aromatic rings. The Morgan fingerprint density at radius 1 is 1.47 bits per heavy atom. The van der Waals surface area contributed by atoms with Crippen LogP contribution in [0.25, 0.3) is 0 Å². The number of rotatable bonds is 6. The van der Waals surface area contributed by atoms with Gasteiger partial charge in [-0.1, -0.05) is 6.07 Å². The number of nitrogens with zero attached hydrogens (tertiary/aromatic N) is 1. The van der Waals surface area contributed by atoms with Crippen LogP contribution in [0.3, 0.4) is 0 Å². The van der Waals surface area contributed by atoms with Gasteiger partial charge in [0.2, 0.25) is 0 Å². The Labute approximate surface area is 103 Å². The maximum absolute atomic E-state index is 12.1. The molecular formula is C11H17F3N2S. The fourth-order valence-corrected chi connectivity index (χ4v) is 2.25. The third kappa shape index (κ3) is 6.05. The van der Waals surface area contributed by atoms with Crippen LogP contribution < -0.4 is 5.32 Å². The number of nitrogens with one attached hydrogen (secondary N) is 1. The minimum Gasteiger partial charge on any atom is -0.308 e. The van der Waals surface area contributed by atoms with Gasteiger partial charge in [-0.15, -0.1) is 11.3 Å². The predicted molar refractivity (Wildman–Crippen MR) is 64.3 cm³/mol. The highest BCUT2D eigenvalue weighted by molar-refractivity contribution is 7.10. The lowest BCUT2D eigenvalue weighted by Gasteiger charge is -2.20. The van der Waals surface area contributed by atoms with Gasteiger partial charge in [0.05, 0.1) is 6.54 Å². The van der Waals surface area contributed by atoms with Crippen LogP contribution >= 0.6 is 11.3 Å². The molecule has 1 N–H and O–H groups in total. The van der Waals surface area contributed by atoms with Crippen LogP contribution in [0, 0.1) is 0 Å². The van der Waals surface area contributed by atoms with Crippen LogP contribution in [0.4, 0.5) is 13.2 Å². The fraction of sp³-hybridized carbons (Fsp3) is 0.636. The number of halogens is 3. The molecule has 1 unspecified atom stereocenters. The summed E-state index contributed by atoms with van der Waals surface area (Å²) in [6.45, 7) is 2.08. The second-order valence-electron chi connectivity index (χ2n) is 4.04. The summed E-state index contributed by atoms with van der Waals surface area (Å²) in [4.78, 5) is 2.47. The van der Waals surface area contributed by atoms with E-state index in [1.165, 1.54) is 16.8 Å². The van der Waals surface area contributed by atoms with Gasteiger partial charge in [0.1, 0.15) is 0 Å². The Bertz CT molecular complexity index is 311. The first-order valence-electron chi connectivity index (χ1n) is 5.40. The van der Waals surface area contributed by atoms with E-state index in [-0.39, 0.29) is 6.04 Å². The van der Waals surface area contributed by atoms with Crippen molar-refractivity contribution in [2.24, 2.45) is 0 Å². The van der Waals surface area contributed by atoms with E-state index >= 15 is 0 Å². The molecule has 1 aromatic heterocycles. The molecule has 1 atom stereocenters. The van der Waals surface area contributed by atoms with E-state index in [1.807, 2.05) is 24.4 Å². The molecule has 0 bridgehead atoms. The minimum atomic E-state index is -4.12. The molecule has 0 aliphatic rings. The molecule has 2 nitrogen and oxygen atoms in total. The van der Waals surface area contributed by atoms with Gasteiger partial charge in [-0.25, -0.2) is 0 Å². The van der Waals surface area contributed by atoms with Crippen molar-refractivity contribution in [1.29, 1.82) is 0 Å². The van der Waals surface area contributed by atoms with Crippen molar-refractivity contribution in [2.45, 2.75) is 19.1 Å². The maximum Gasteiger partial charge on any atom is 0.401 e. The second kappa shape index (κ2) is 6.37. The minimum absolute atomic E-state index is 0.189. The van der Waals surface area contributed by atoms with Crippen LogP contribution in [0.5, 0.6) is 0 Å². The highest BCUT2D eigenvalue weighted by Gasteiger charge is 2.28. The molecule has 0 aliphatic carbocycles. The van der Waals surface area contributed by atoms with Crippen molar-refractivity contribution < 1.29 is 13.2 Å². The second-order valence-corrected chi connectivity index (χ2v) is 5.02. The highest BCUT2D eigenvalue weighted by Crippen LogP contribution is 2.18. The Balaban J connectivity index is 2.19. The van der Waals surface area contributed by atoms with E-state index in [0.29, 0.717) is 13.1 Å². The first-order chi connectivity index (χ1) is 7.88. The van der Waals surface area contributed by atoms with Crippen molar-refractivity contribution in [2.75, 3.05) is 26.7 Å². The van der Waals surface area contributed by atoms with Gasteiger partial charge in [0.15, 0.2) is 0 Å². The van der Waals surface area contributed by atoms with Crippen molar-refractivity contribution >= 4 is 11.3 Å². The molecule has 0 amide bonds. The lowest BCUT2D eigenvalue weighted by atomic mass is 10.3. The van der Waals surface area contributed by atoms with Gasteiger partial charge in [-0.2, -0.15) is 13.2 Å². The zero-order valence-electron chi connectivity index (χ0n) is 9.92. The molecule has 0 saturated carbocycles. The predicted octanol–water partition coefficient (Wildman–Crippen LogP) is 2.89. The van der Waals surface area contributed by atoms with Crippen LogP contribution in [0.2, 0.25) is 0 Å². The summed E-state index contributed by atoms with van der Waals surface area (Å²) in [5, 5.41) is 5.19. The van der Waals surface area contributed by atoms with Crippen molar-refractivity contribution in [3.8, 4) is 0 Å². The molecule has 0 aromatic carbocycles. The summed E-state index contributed by atoms with van der Waals surface area (Å²) in [5.74, 6) is 0. The average molecular weight is 266 g/mol. The SMILES string of the molecule is CC(NCCN(C)CC(F)(F)F)c1cccs1. The number of hydrogen-bond acceptors (Lipinski definition) is 3. The molecule has 0 spiro atoms. The molecule has 6 heteroatoms. The summed E-state index contributed by atoms with van der Waals surface area (Å²) in [7, 11) is 1.48. The largest absolute Gasteiger partial charge is 0.401 e. The fourth-order valence-electron chi connectivity index (χ4n) is 1.50. The van der Waals surface area contributed by atoms with E-state index in [9.17, 15) is 13.2 Å². The van der Waals surface area contributed by atoms with Gasteiger partial charge in [-0.3, -0.25) is 4.90 Å². The summed E-state index contributed by atoms with van der Waals surface area (Å²) < 4.78 is 36.2.